The van der Waals surface area contributed by atoms with Gasteiger partial charge in [-0.05, 0) is 29.0 Å². The Morgan fingerprint density at radius 2 is 2.24 bits per heavy atom. The van der Waals surface area contributed by atoms with E-state index in [-0.39, 0.29) is 20.1 Å². The molecule has 2 rings (SSSR count). The molecule has 0 saturated heterocycles. The zero-order valence-corrected chi connectivity index (χ0v) is 11.0. The Bertz CT molecular complexity index is 594. The predicted molar refractivity (Wildman–Crippen MR) is 59.5 cm³/mol. The van der Waals surface area contributed by atoms with Gasteiger partial charge < -0.3 is 4.98 Å². The third-order valence-electron chi connectivity index (χ3n) is 2.09. The minimum atomic E-state index is 0. The summed E-state index contributed by atoms with van der Waals surface area (Å²) in [6, 6.07) is 13.5. The first kappa shape index (κ1) is 13.1. The first-order valence-electron chi connectivity index (χ1n) is 4.60. The van der Waals surface area contributed by atoms with E-state index < -0.39 is 0 Å². The Balaban J connectivity index is 0.00000144. The second-order valence-corrected chi connectivity index (χ2v) is 3.09. The molecule has 1 aromatic heterocycles. The molecule has 3 nitrogen and oxygen atoms in total. The summed E-state index contributed by atoms with van der Waals surface area (Å²) in [5.74, 6) is 0. The molecule has 0 spiro atoms. The van der Waals surface area contributed by atoms with E-state index in [1.165, 1.54) is 0 Å². The summed E-state index contributed by atoms with van der Waals surface area (Å²) in [5, 5.41) is 8.73. The van der Waals surface area contributed by atoms with E-state index in [0.29, 0.717) is 22.5 Å². The Hall–Kier alpha value is -2.00. The molecular weight excluding hydrogens is 390 g/mol. The number of hydrogen-bond acceptors (Lipinski definition) is 2. The molecule has 0 aliphatic carbocycles. The number of nitrogens with zero attached hydrogens (tertiary/aromatic N) is 3. The molecule has 2 aromatic rings. The van der Waals surface area contributed by atoms with Gasteiger partial charge in [0.05, 0.1) is 0 Å². The molecule has 17 heavy (non-hydrogen) atoms. The largest absolute Gasteiger partial charge is 0.304 e. The molecular formula is C13H6IrN3-. The van der Waals surface area contributed by atoms with Gasteiger partial charge in [-0.3, -0.25) is 0 Å². The summed E-state index contributed by atoms with van der Waals surface area (Å²) in [6.45, 7) is 7.07. The third-order valence-corrected chi connectivity index (χ3v) is 2.09. The molecule has 4 heteroatoms. The fourth-order valence-electron chi connectivity index (χ4n) is 1.35. The monoisotopic (exact) mass is 397 g/mol. The van der Waals surface area contributed by atoms with Crippen molar-refractivity contribution in [2.24, 2.45) is 0 Å². The van der Waals surface area contributed by atoms with Crippen LogP contribution in [0.4, 0.5) is 5.69 Å². The molecule has 0 fully saturated rings. The molecule has 0 atom stereocenters. The van der Waals surface area contributed by atoms with Crippen molar-refractivity contribution in [1.29, 1.82) is 5.26 Å². The van der Waals surface area contributed by atoms with Gasteiger partial charge in [0.1, 0.15) is 6.57 Å². The van der Waals surface area contributed by atoms with E-state index in [0.717, 1.165) is 0 Å². The van der Waals surface area contributed by atoms with Crippen molar-refractivity contribution in [2.45, 2.75) is 0 Å². The SMILES string of the molecule is [C-]#[N+]c1cc(C#N)c[c-]c1-c1ccccn1.[Ir]. The number of hydrogen-bond donors (Lipinski definition) is 0. The maximum absolute atomic E-state index is 8.73. The Morgan fingerprint density at radius 1 is 1.41 bits per heavy atom. The number of pyridine rings is 1. The van der Waals surface area contributed by atoms with E-state index in [1.807, 2.05) is 24.3 Å². The first-order valence-corrected chi connectivity index (χ1v) is 4.60. The van der Waals surface area contributed by atoms with Crippen molar-refractivity contribution in [3.05, 3.63) is 59.6 Å². The van der Waals surface area contributed by atoms with Gasteiger partial charge in [-0.2, -0.15) is 4.85 Å². The summed E-state index contributed by atoms with van der Waals surface area (Å²) in [5.41, 5.74) is 2.16. The normalized spacial score (nSPS) is 8.59. The number of benzene rings is 1. The van der Waals surface area contributed by atoms with Gasteiger partial charge in [-0.25, -0.2) is 5.26 Å². The van der Waals surface area contributed by atoms with Crippen molar-refractivity contribution >= 4 is 5.69 Å². The number of nitriles is 1. The molecule has 0 N–H and O–H groups in total. The van der Waals surface area contributed by atoms with Gasteiger partial charge in [0.15, 0.2) is 0 Å². The van der Waals surface area contributed by atoms with Crippen LogP contribution in [-0.2, 0) is 20.1 Å². The van der Waals surface area contributed by atoms with Crippen molar-refractivity contribution in [3.63, 3.8) is 0 Å². The zero-order chi connectivity index (χ0) is 11.4. The van der Waals surface area contributed by atoms with Crippen LogP contribution < -0.4 is 0 Å². The second-order valence-electron chi connectivity index (χ2n) is 3.09. The van der Waals surface area contributed by atoms with E-state index in [1.54, 1.807) is 18.3 Å². The van der Waals surface area contributed by atoms with E-state index in [9.17, 15) is 0 Å². The van der Waals surface area contributed by atoms with Crippen LogP contribution >= 0.6 is 0 Å². The topological polar surface area (TPSA) is 41.0 Å². The summed E-state index contributed by atoms with van der Waals surface area (Å²) >= 11 is 0. The second kappa shape index (κ2) is 5.91. The molecule has 0 saturated carbocycles. The molecule has 0 amide bonds. The van der Waals surface area contributed by atoms with E-state index in [4.69, 9.17) is 11.8 Å². The van der Waals surface area contributed by atoms with Crippen LogP contribution in [0.2, 0.25) is 0 Å². The van der Waals surface area contributed by atoms with E-state index in [2.05, 4.69) is 15.9 Å². The van der Waals surface area contributed by atoms with Crippen LogP contribution in [-0.4, -0.2) is 4.98 Å². The van der Waals surface area contributed by atoms with Gasteiger partial charge in [0, 0.05) is 32.4 Å². The quantitative estimate of drug-likeness (QED) is 0.696. The maximum atomic E-state index is 8.73. The van der Waals surface area contributed by atoms with Crippen molar-refractivity contribution in [3.8, 4) is 17.3 Å². The van der Waals surface area contributed by atoms with Crippen LogP contribution in [0.15, 0.2) is 36.5 Å². The summed E-state index contributed by atoms with van der Waals surface area (Å²) in [6.07, 6.45) is 1.66. The van der Waals surface area contributed by atoms with Gasteiger partial charge in [-0.1, -0.05) is 12.1 Å². The minimum absolute atomic E-state index is 0. The van der Waals surface area contributed by atoms with E-state index >= 15 is 0 Å². The van der Waals surface area contributed by atoms with Crippen LogP contribution in [0.3, 0.4) is 0 Å². The predicted octanol–water partition coefficient (Wildman–Crippen LogP) is 2.97. The van der Waals surface area contributed by atoms with Gasteiger partial charge in [0.2, 0.25) is 5.69 Å². The van der Waals surface area contributed by atoms with Gasteiger partial charge in [0.25, 0.3) is 0 Å². The maximum Gasteiger partial charge on any atom is 0.236 e. The molecule has 1 heterocycles. The molecule has 0 aliphatic rings. The summed E-state index contributed by atoms with van der Waals surface area (Å²) in [7, 11) is 0. The molecule has 0 aliphatic heterocycles. The van der Waals surface area contributed by atoms with Crippen LogP contribution in [0.25, 0.3) is 16.1 Å². The fourth-order valence-corrected chi connectivity index (χ4v) is 1.35. The Morgan fingerprint density at radius 3 is 2.82 bits per heavy atom. The standard InChI is InChI=1S/C13H6N3.Ir/c1-15-13-8-10(9-14)5-6-11(13)12-4-2-3-7-16-12;/h2-5,7-8H;/q-1;. The van der Waals surface area contributed by atoms with Gasteiger partial charge in [-0.15, -0.1) is 12.1 Å². The summed E-state index contributed by atoms with van der Waals surface area (Å²) < 4.78 is 0. The van der Waals surface area contributed by atoms with Crippen LogP contribution in [0.1, 0.15) is 5.56 Å². The average molecular weight is 396 g/mol. The molecule has 1 radical (unpaired) electrons. The molecule has 0 unspecified atom stereocenters. The van der Waals surface area contributed by atoms with Crippen LogP contribution in [0, 0.1) is 24.0 Å². The van der Waals surface area contributed by atoms with Crippen LogP contribution in [0.5, 0.6) is 0 Å². The third kappa shape index (κ3) is 2.77. The average Bonchev–Trinajstić information content (AvgIpc) is 2.39. The molecule has 83 valence electrons. The number of aromatic nitrogens is 1. The first-order chi connectivity index (χ1) is 7.85. The summed E-state index contributed by atoms with van der Waals surface area (Å²) in [4.78, 5) is 7.54. The molecule has 1 aromatic carbocycles. The van der Waals surface area contributed by atoms with Gasteiger partial charge >= 0.3 is 0 Å². The zero-order valence-electron chi connectivity index (χ0n) is 8.64. The Labute approximate surface area is 113 Å². The fraction of sp³-hybridized carbons (Fsp3) is 0. The minimum Gasteiger partial charge on any atom is -0.304 e. The number of rotatable bonds is 1. The van der Waals surface area contributed by atoms with Crippen molar-refractivity contribution in [2.75, 3.05) is 0 Å². The van der Waals surface area contributed by atoms with Crippen molar-refractivity contribution in [1.82, 2.24) is 4.98 Å². The Kier molecular flexibility index (Phi) is 4.55. The van der Waals surface area contributed by atoms with Crippen molar-refractivity contribution < 1.29 is 20.1 Å². The molecule has 0 bridgehead atoms. The smallest absolute Gasteiger partial charge is 0.236 e.